The van der Waals surface area contributed by atoms with Crippen LogP contribution in [0.5, 0.6) is 0 Å². The molecule has 1 heterocycles. The molecule has 1 aliphatic heterocycles. The Labute approximate surface area is 81.8 Å². The first-order valence-electron chi connectivity index (χ1n) is 5.53. The Morgan fingerprint density at radius 1 is 1.54 bits per heavy atom. The van der Waals surface area contributed by atoms with E-state index in [1.54, 1.807) is 0 Å². The van der Waals surface area contributed by atoms with Crippen LogP contribution < -0.4 is 5.73 Å². The van der Waals surface area contributed by atoms with Gasteiger partial charge in [-0.05, 0) is 18.8 Å². The minimum absolute atomic E-state index is 0.286. The van der Waals surface area contributed by atoms with Gasteiger partial charge < -0.3 is 10.5 Å². The molecule has 0 aromatic rings. The zero-order chi connectivity index (χ0) is 9.73. The Kier molecular flexibility index (Phi) is 4.20. The largest absolute Gasteiger partial charge is 0.381 e. The van der Waals surface area contributed by atoms with E-state index in [2.05, 4.69) is 13.8 Å². The summed E-state index contributed by atoms with van der Waals surface area (Å²) < 4.78 is 5.56. The molecule has 2 heteroatoms. The summed E-state index contributed by atoms with van der Waals surface area (Å²) in [4.78, 5) is 0. The first-order chi connectivity index (χ1) is 6.25. The molecule has 0 radical (unpaired) electrons. The summed E-state index contributed by atoms with van der Waals surface area (Å²) in [6.45, 7) is 7.16. The highest BCUT2D eigenvalue weighted by Gasteiger charge is 2.36. The minimum Gasteiger partial charge on any atom is -0.381 e. The first kappa shape index (κ1) is 11.0. The van der Waals surface area contributed by atoms with Crippen molar-refractivity contribution in [3.63, 3.8) is 0 Å². The molecule has 0 aliphatic carbocycles. The van der Waals surface area contributed by atoms with Gasteiger partial charge in [-0.3, -0.25) is 0 Å². The molecule has 1 fully saturated rings. The average Bonchev–Trinajstić information content (AvgIpc) is 2.19. The van der Waals surface area contributed by atoms with Crippen LogP contribution in [0.3, 0.4) is 0 Å². The van der Waals surface area contributed by atoms with E-state index in [-0.39, 0.29) is 5.41 Å². The Morgan fingerprint density at radius 2 is 2.31 bits per heavy atom. The number of rotatable bonds is 4. The van der Waals surface area contributed by atoms with Crippen molar-refractivity contribution in [2.75, 3.05) is 19.8 Å². The van der Waals surface area contributed by atoms with Gasteiger partial charge in [0.25, 0.3) is 0 Å². The zero-order valence-electron chi connectivity index (χ0n) is 9.01. The van der Waals surface area contributed by atoms with Crippen LogP contribution >= 0.6 is 0 Å². The first-order valence-corrected chi connectivity index (χ1v) is 5.53. The Morgan fingerprint density at radius 3 is 2.77 bits per heavy atom. The van der Waals surface area contributed by atoms with Crippen molar-refractivity contribution in [2.24, 2.45) is 17.1 Å². The highest BCUT2D eigenvalue weighted by Crippen LogP contribution is 2.37. The standard InChI is InChI=1S/C11H23NO/c1-3-5-10(2)11(8-12)6-4-7-13-9-11/h10H,3-9,12H2,1-2H3. The van der Waals surface area contributed by atoms with Gasteiger partial charge in [-0.2, -0.15) is 0 Å². The van der Waals surface area contributed by atoms with Crippen LogP contribution in [0, 0.1) is 11.3 Å². The van der Waals surface area contributed by atoms with Crippen LogP contribution in [0.2, 0.25) is 0 Å². The normalized spacial score (nSPS) is 31.6. The quantitative estimate of drug-likeness (QED) is 0.728. The molecule has 0 aromatic carbocycles. The Balaban J connectivity index is 2.55. The zero-order valence-corrected chi connectivity index (χ0v) is 9.01. The average molecular weight is 185 g/mol. The second-order valence-corrected chi connectivity index (χ2v) is 4.41. The van der Waals surface area contributed by atoms with E-state index < -0.39 is 0 Å². The molecule has 2 atom stereocenters. The second-order valence-electron chi connectivity index (χ2n) is 4.41. The van der Waals surface area contributed by atoms with E-state index in [1.807, 2.05) is 0 Å². The van der Waals surface area contributed by atoms with Crippen molar-refractivity contribution in [1.82, 2.24) is 0 Å². The molecule has 1 saturated heterocycles. The lowest BCUT2D eigenvalue weighted by atomic mass is 9.71. The van der Waals surface area contributed by atoms with Gasteiger partial charge in [0.1, 0.15) is 0 Å². The molecule has 0 spiro atoms. The third kappa shape index (κ3) is 2.44. The van der Waals surface area contributed by atoms with Crippen LogP contribution in [-0.2, 0) is 4.74 Å². The van der Waals surface area contributed by atoms with Crippen LogP contribution in [0.1, 0.15) is 39.5 Å². The van der Waals surface area contributed by atoms with Crippen LogP contribution in [-0.4, -0.2) is 19.8 Å². The second kappa shape index (κ2) is 4.97. The van der Waals surface area contributed by atoms with Crippen LogP contribution in [0.4, 0.5) is 0 Å². The van der Waals surface area contributed by atoms with E-state index in [4.69, 9.17) is 10.5 Å². The summed E-state index contributed by atoms with van der Waals surface area (Å²) in [6, 6.07) is 0. The van der Waals surface area contributed by atoms with Gasteiger partial charge in [0.05, 0.1) is 6.61 Å². The smallest absolute Gasteiger partial charge is 0.0537 e. The Bertz CT molecular complexity index is 141. The number of hydrogen-bond donors (Lipinski definition) is 1. The van der Waals surface area contributed by atoms with Gasteiger partial charge in [0.2, 0.25) is 0 Å². The van der Waals surface area contributed by atoms with Gasteiger partial charge >= 0.3 is 0 Å². The molecule has 2 unspecified atom stereocenters. The minimum atomic E-state index is 0.286. The fourth-order valence-corrected chi connectivity index (χ4v) is 2.36. The fourth-order valence-electron chi connectivity index (χ4n) is 2.36. The predicted molar refractivity (Wildman–Crippen MR) is 55.6 cm³/mol. The van der Waals surface area contributed by atoms with E-state index in [0.29, 0.717) is 5.92 Å². The molecule has 2 nitrogen and oxygen atoms in total. The molecule has 1 rings (SSSR count). The molecule has 0 aromatic heterocycles. The molecule has 1 aliphatic rings. The van der Waals surface area contributed by atoms with Crippen molar-refractivity contribution < 1.29 is 4.74 Å². The predicted octanol–water partition coefficient (Wildman–Crippen LogP) is 2.18. The van der Waals surface area contributed by atoms with Crippen molar-refractivity contribution >= 4 is 0 Å². The highest BCUT2D eigenvalue weighted by atomic mass is 16.5. The lowest BCUT2D eigenvalue weighted by Gasteiger charge is -2.41. The van der Waals surface area contributed by atoms with Crippen LogP contribution in [0.15, 0.2) is 0 Å². The van der Waals surface area contributed by atoms with E-state index in [1.165, 1.54) is 25.7 Å². The maximum Gasteiger partial charge on any atom is 0.0537 e. The molecule has 78 valence electrons. The van der Waals surface area contributed by atoms with Gasteiger partial charge in [0.15, 0.2) is 0 Å². The fraction of sp³-hybridized carbons (Fsp3) is 1.00. The van der Waals surface area contributed by atoms with Crippen molar-refractivity contribution in [1.29, 1.82) is 0 Å². The molecule has 13 heavy (non-hydrogen) atoms. The molecule has 0 saturated carbocycles. The Hall–Kier alpha value is -0.0800. The maximum absolute atomic E-state index is 5.89. The van der Waals surface area contributed by atoms with Gasteiger partial charge in [-0.15, -0.1) is 0 Å². The summed E-state index contributed by atoms with van der Waals surface area (Å²) in [5.41, 5.74) is 6.18. The summed E-state index contributed by atoms with van der Waals surface area (Å²) in [5, 5.41) is 0. The van der Waals surface area contributed by atoms with E-state index in [0.717, 1.165) is 19.8 Å². The summed E-state index contributed by atoms with van der Waals surface area (Å²) in [5.74, 6) is 0.711. The van der Waals surface area contributed by atoms with Gasteiger partial charge in [-0.1, -0.05) is 26.7 Å². The number of hydrogen-bond acceptors (Lipinski definition) is 2. The molecular formula is C11H23NO. The van der Waals surface area contributed by atoms with Crippen LogP contribution in [0.25, 0.3) is 0 Å². The van der Waals surface area contributed by atoms with E-state index in [9.17, 15) is 0 Å². The van der Waals surface area contributed by atoms with Crippen molar-refractivity contribution in [3.8, 4) is 0 Å². The molecule has 0 bridgehead atoms. The lowest BCUT2D eigenvalue weighted by molar-refractivity contribution is -0.0348. The molecule has 0 amide bonds. The van der Waals surface area contributed by atoms with Gasteiger partial charge in [-0.25, -0.2) is 0 Å². The maximum atomic E-state index is 5.89. The van der Waals surface area contributed by atoms with Crippen molar-refractivity contribution in [2.45, 2.75) is 39.5 Å². The highest BCUT2D eigenvalue weighted by molar-refractivity contribution is 4.87. The topological polar surface area (TPSA) is 35.2 Å². The number of nitrogens with two attached hydrogens (primary N) is 1. The monoisotopic (exact) mass is 185 g/mol. The molecule has 2 N–H and O–H groups in total. The van der Waals surface area contributed by atoms with E-state index >= 15 is 0 Å². The van der Waals surface area contributed by atoms with Gasteiger partial charge in [0, 0.05) is 18.6 Å². The summed E-state index contributed by atoms with van der Waals surface area (Å²) in [6.07, 6.45) is 4.97. The SMILES string of the molecule is CCCC(C)C1(CN)CCCOC1. The number of ether oxygens (including phenoxy) is 1. The third-order valence-corrected chi connectivity index (χ3v) is 3.53. The molecular weight excluding hydrogens is 162 g/mol. The van der Waals surface area contributed by atoms with Crippen molar-refractivity contribution in [3.05, 3.63) is 0 Å². The third-order valence-electron chi connectivity index (χ3n) is 3.53. The summed E-state index contributed by atoms with van der Waals surface area (Å²) >= 11 is 0. The summed E-state index contributed by atoms with van der Waals surface area (Å²) in [7, 11) is 0. The lowest BCUT2D eigenvalue weighted by Crippen LogP contribution is -2.43.